The number of carbonyl (C=O) groups excluding carboxylic acids is 1. The van der Waals surface area contributed by atoms with Crippen LogP contribution < -0.4 is 0 Å². The number of hydrogen-bond donors (Lipinski definition) is 0. The Balaban J connectivity index is 2.33. The first-order valence-corrected chi connectivity index (χ1v) is 5.51. The van der Waals surface area contributed by atoms with Crippen LogP contribution in [0, 0.1) is 0 Å². The summed E-state index contributed by atoms with van der Waals surface area (Å²) in [6.45, 7) is 5.43. The number of pyridine rings is 1. The second-order valence-electron chi connectivity index (χ2n) is 4.67. The van der Waals surface area contributed by atoms with E-state index in [0.29, 0.717) is 16.7 Å². The van der Waals surface area contributed by atoms with Crippen molar-refractivity contribution in [3.05, 3.63) is 29.1 Å². The van der Waals surface area contributed by atoms with Gasteiger partial charge in [0.1, 0.15) is 5.60 Å². The van der Waals surface area contributed by atoms with Crippen molar-refractivity contribution in [2.75, 3.05) is 0 Å². The number of carbonyl (C=O) groups is 1. The van der Waals surface area contributed by atoms with Gasteiger partial charge in [-0.2, -0.15) is 0 Å². The van der Waals surface area contributed by atoms with Gasteiger partial charge in [-0.3, -0.25) is 0 Å². The molecule has 0 saturated carbocycles. The molecule has 0 atom stereocenters. The Hall–Kier alpha value is -1.55. The number of furan rings is 1. The molecule has 0 aliphatic carbocycles. The lowest BCUT2D eigenvalue weighted by Crippen LogP contribution is -2.23. The Morgan fingerprint density at radius 1 is 1.41 bits per heavy atom. The summed E-state index contributed by atoms with van der Waals surface area (Å²) >= 11 is 5.70. The lowest BCUT2D eigenvalue weighted by atomic mass is 10.2. The van der Waals surface area contributed by atoms with Gasteiger partial charge in [-0.05, 0) is 38.4 Å². The largest absolute Gasteiger partial charge is 0.456 e. The number of ether oxygens (including phenoxy) is 1. The molecule has 0 amide bonds. The predicted octanol–water partition coefficient (Wildman–Crippen LogP) is 3.44. The van der Waals surface area contributed by atoms with Crippen LogP contribution in [0.3, 0.4) is 0 Å². The zero-order chi connectivity index (χ0) is 12.6. The van der Waals surface area contributed by atoms with Gasteiger partial charge < -0.3 is 9.15 Å². The Kier molecular flexibility index (Phi) is 2.83. The van der Waals surface area contributed by atoms with Gasteiger partial charge in [0.05, 0.1) is 5.56 Å². The highest BCUT2D eigenvalue weighted by Gasteiger charge is 2.18. The first-order valence-electron chi connectivity index (χ1n) is 5.13. The first kappa shape index (κ1) is 11.9. The zero-order valence-electron chi connectivity index (χ0n) is 9.78. The number of nitrogens with zero attached hydrogens (tertiary/aromatic N) is 1. The molecule has 2 aromatic heterocycles. The monoisotopic (exact) mass is 253 g/mol. The second-order valence-corrected chi connectivity index (χ2v) is 5.04. The molecule has 0 saturated heterocycles. The molecule has 0 aliphatic rings. The molecule has 0 fully saturated rings. The Morgan fingerprint density at radius 3 is 2.76 bits per heavy atom. The van der Waals surface area contributed by atoms with Crippen LogP contribution in [-0.4, -0.2) is 16.6 Å². The van der Waals surface area contributed by atoms with Crippen LogP contribution >= 0.6 is 11.6 Å². The van der Waals surface area contributed by atoms with Gasteiger partial charge in [0, 0.05) is 17.6 Å². The molecule has 90 valence electrons. The minimum atomic E-state index is -0.528. The fourth-order valence-electron chi connectivity index (χ4n) is 1.35. The Labute approximate surface area is 104 Å². The lowest BCUT2D eigenvalue weighted by molar-refractivity contribution is 0.00693. The highest BCUT2D eigenvalue weighted by molar-refractivity contribution is 6.29. The van der Waals surface area contributed by atoms with Gasteiger partial charge in [-0.1, -0.05) is 0 Å². The summed E-state index contributed by atoms with van der Waals surface area (Å²) in [5, 5.41) is 0.923. The maximum atomic E-state index is 11.8. The topological polar surface area (TPSA) is 52.3 Å². The predicted molar refractivity (Wildman–Crippen MR) is 64.2 cm³/mol. The Bertz CT molecular complexity index is 569. The first-order chi connectivity index (χ1) is 7.85. The maximum Gasteiger partial charge on any atom is 0.340 e. The average molecular weight is 254 g/mol. The van der Waals surface area contributed by atoms with Gasteiger partial charge >= 0.3 is 5.97 Å². The second kappa shape index (κ2) is 4.04. The average Bonchev–Trinajstić information content (AvgIpc) is 2.53. The van der Waals surface area contributed by atoms with Gasteiger partial charge in [0.15, 0.2) is 5.22 Å². The van der Waals surface area contributed by atoms with Crippen LogP contribution in [0.1, 0.15) is 31.1 Å². The smallest absolute Gasteiger partial charge is 0.340 e. The highest BCUT2D eigenvalue weighted by atomic mass is 35.5. The molecule has 0 bridgehead atoms. The summed E-state index contributed by atoms with van der Waals surface area (Å²) in [5.41, 5.74) is 0.257. The van der Waals surface area contributed by atoms with E-state index in [1.54, 1.807) is 12.1 Å². The molecule has 0 aliphatic heterocycles. The van der Waals surface area contributed by atoms with E-state index in [1.807, 2.05) is 20.8 Å². The van der Waals surface area contributed by atoms with Crippen LogP contribution in [0.25, 0.3) is 11.1 Å². The molecule has 0 unspecified atom stereocenters. The summed E-state index contributed by atoms with van der Waals surface area (Å²) in [6.07, 6.45) is 1.41. The van der Waals surface area contributed by atoms with E-state index in [1.165, 1.54) is 6.20 Å². The quantitative estimate of drug-likeness (QED) is 0.731. The molecule has 17 heavy (non-hydrogen) atoms. The number of esters is 1. The van der Waals surface area contributed by atoms with Gasteiger partial charge in [-0.25, -0.2) is 9.78 Å². The minimum absolute atomic E-state index is 0.244. The maximum absolute atomic E-state index is 11.8. The summed E-state index contributed by atoms with van der Waals surface area (Å²) < 4.78 is 10.3. The summed E-state index contributed by atoms with van der Waals surface area (Å²) in [6, 6.07) is 3.25. The van der Waals surface area contributed by atoms with E-state index in [9.17, 15) is 4.79 Å². The van der Waals surface area contributed by atoms with E-state index in [0.717, 1.165) is 0 Å². The van der Waals surface area contributed by atoms with Gasteiger partial charge in [0.25, 0.3) is 0 Å². The molecule has 2 heterocycles. The third-order valence-corrected chi connectivity index (χ3v) is 2.16. The molecule has 4 nitrogen and oxygen atoms in total. The Morgan fingerprint density at radius 2 is 2.12 bits per heavy atom. The van der Waals surface area contributed by atoms with E-state index < -0.39 is 11.6 Å². The molecular formula is C12H12ClNO3. The molecule has 0 N–H and O–H groups in total. The fourth-order valence-corrected chi connectivity index (χ4v) is 1.54. The SMILES string of the molecule is CC(C)(C)OC(=O)c1cnc2oc(Cl)cc2c1. The molecule has 0 radical (unpaired) electrons. The number of hydrogen-bond acceptors (Lipinski definition) is 4. The number of aromatic nitrogens is 1. The molecular weight excluding hydrogens is 242 g/mol. The van der Waals surface area contributed by atoms with E-state index in [2.05, 4.69) is 4.98 Å². The van der Waals surface area contributed by atoms with Crippen molar-refractivity contribution in [3.8, 4) is 0 Å². The van der Waals surface area contributed by atoms with Crippen LogP contribution in [-0.2, 0) is 4.74 Å². The summed E-state index contributed by atoms with van der Waals surface area (Å²) in [4.78, 5) is 15.8. The minimum Gasteiger partial charge on any atom is -0.456 e. The number of halogens is 1. The highest BCUT2D eigenvalue weighted by Crippen LogP contribution is 2.22. The molecule has 0 spiro atoms. The number of rotatable bonds is 1. The molecule has 2 aromatic rings. The standard InChI is InChI=1S/C12H12ClNO3/c1-12(2,3)17-11(15)8-4-7-5-9(13)16-10(7)14-6-8/h4-6H,1-3H3. The molecule has 0 aromatic carbocycles. The zero-order valence-corrected chi connectivity index (χ0v) is 10.5. The van der Waals surface area contributed by atoms with Crippen LogP contribution in [0.5, 0.6) is 0 Å². The van der Waals surface area contributed by atoms with Crippen molar-refractivity contribution in [2.24, 2.45) is 0 Å². The summed E-state index contributed by atoms with van der Waals surface area (Å²) in [5.74, 6) is -0.413. The van der Waals surface area contributed by atoms with E-state index in [4.69, 9.17) is 20.8 Å². The van der Waals surface area contributed by atoms with Crippen molar-refractivity contribution in [3.63, 3.8) is 0 Å². The third-order valence-electron chi connectivity index (χ3n) is 1.98. The van der Waals surface area contributed by atoms with E-state index >= 15 is 0 Å². The summed E-state index contributed by atoms with van der Waals surface area (Å²) in [7, 11) is 0. The molecule has 2 rings (SSSR count). The van der Waals surface area contributed by atoms with Crippen LogP contribution in [0.2, 0.25) is 5.22 Å². The van der Waals surface area contributed by atoms with Crippen LogP contribution in [0.15, 0.2) is 22.7 Å². The lowest BCUT2D eigenvalue weighted by Gasteiger charge is -2.19. The normalized spacial score (nSPS) is 11.8. The van der Waals surface area contributed by atoms with Gasteiger partial charge in [0.2, 0.25) is 5.71 Å². The van der Waals surface area contributed by atoms with Crippen molar-refractivity contribution >= 4 is 28.7 Å². The fraction of sp³-hybridized carbons (Fsp3) is 0.333. The van der Waals surface area contributed by atoms with Crippen molar-refractivity contribution < 1.29 is 13.9 Å². The van der Waals surface area contributed by atoms with Crippen molar-refractivity contribution in [1.82, 2.24) is 4.98 Å². The number of fused-ring (bicyclic) bond motifs is 1. The third kappa shape index (κ3) is 2.77. The molecule has 5 heteroatoms. The van der Waals surface area contributed by atoms with E-state index in [-0.39, 0.29) is 5.22 Å². The van der Waals surface area contributed by atoms with Crippen LogP contribution in [0.4, 0.5) is 0 Å². The van der Waals surface area contributed by atoms with Gasteiger partial charge in [-0.15, -0.1) is 0 Å². The van der Waals surface area contributed by atoms with Crippen molar-refractivity contribution in [2.45, 2.75) is 26.4 Å². The van der Waals surface area contributed by atoms with Crippen molar-refractivity contribution in [1.29, 1.82) is 0 Å².